The van der Waals surface area contributed by atoms with Crippen LogP contribution in [-0.4, -0.2) is 35.9 Å². The average Bonchev–Trinajstić information content (AvgIpc) is 2.83. The van der Waals surface area contributed by atoms with Crippen molar-refractivity contribution in [2.45, 2.75) is 13.5 Å². The van der Waals surface area contributed by atoms with E-state index in [9.17, 15) is 9.59 Å². The molecule has 7 nitrogen and oxygen atoms in total. The highest BCUT2D eigenvalue weighted by molar-refractivity contribution is 6.05. The van der Waals surface area contributed by atoms with Crippen molar-refractivity contribution >= 4 is 23.5 Å². The summed E-state index contributed by atoms with van der Waals surface area (Å²) >= 11 is 0. The van der Waals surface area contributed by atoms with Gasteiger partial charge in [0, 0.05) is 19.0 Å². The number of nitrogens with zero attached hydrogens (tertiary/aromatic N) is 2. The van der Waals surface area contributed by atoms with E-state index in [0.29, 0.717) is 31.4 Å². The van der Waals surface area contributed by atoms with Crippen LogP contribution in [0, 0.1) is 0 Å². The van der Waals surface area contributed by atoms with Gasteiger partial charge in [-0.2, -0.15) is 0 Å². The summed E-state index contributed by atoms with van der Waals surface area (Å²) in [4.78, 5) is 28.3. The Labute approximate surface area is 127 Å². The number of nitrogens with one attached hydrogen (secondary N) is 1. The SMILES string of the molecule is CC(=O)OC=CCOc1ccc2c(c1)CN1CC(=O)NC1=N2. The molecule has 1 fully saturated rings. The maximum Gasteiger partial charge on any atom is 0.307 e. The molecule has 0 unspecified atom stereocenters. The zero-order chi connectivity index (χ0) is 15.5. The van der Waals surface area contributed by atoms with E-state index in [-0.39, 0.29) is 11.9 Å². The van der Waals surface area contributed by atoms with Crippen molar-refractivity contribution in [3.8, 4) is 5.75 Å². The predicted molar refractivity (Wildman–Crippen MR) is 78.5 cm³/mol. The second kappa shape index (κ2) is 5.88. The molecule has 114 valence electrons. The van der Waals surface area contributed by atoms with Gasteiger partial charge in [0.05, 0.1) is 11.9 Å². The molecule has 3 rings (SSSR count). The Morgan fingerprint density at radius 2 is 2.32 bits per heavy atom. The number of rotatable bonds is 4. The quantitative estimate of drug-likeness (QED) is 0.665. The fourth-order valence-corrected chi connectivity index (χ4v) is 2.26. The van der Waals surface area contributed by atoms with Gasteiger partial charge in [-0.1, -0.05) is 0 Å². The Kier molecular flexibility index (Phi) is 3.78. The van der Waals surface area contributed by atoms with Gasteiger partial charge >= 0.3 is 5.97 Å². The Bertz CT molecular complexity index is 681. The molecule has 1 N–H and O–H groups in total. The molecule has 1 aromatic carbocycles. The Morgan fingerprint density at radius 1 is 1.45 bits per heavy atom. The highest BCUT2D eigenvalue weighted by Gasteiger charge is 2.29. The molecule has 0 bridgehead atoms. The minimum atomic E-state index is -0.368. The van der Waals surface area contributed by atoms with Crippen LogP contribution in [0.1, 0.15) is 12.5 Å². The highest BCUT2D eigenvalue weighted by Crippen LogP contribution is 2.30. The van der Waals surface area contributed by atoms with Crippen molar-refractivity contribution in [1.82, 2.24) is 10.2 Å². The molecule has 0 saturated carbocycles. The summed E-state index contributed by atoms with van der Waals surface area (Å²) in [5.41, 5.74) is 1.83. The van der Waals surface area contributed by atoms with Crippen LogP contribution in [0.4, 0.5) is 5.69 Å². The van der Waals surface area contributed by atoms with Gasteiger partial charge in [0.2, 0.25) is 11.9 Å². The zero-order valence-corrected chi connectivity index (χ0v) is 12.0. The number of ether oxygens (including phenoxy) is 2. The first-order valence-electron chi connectivity index (χ1n) is 6.83. The van der Waals surface area contributed by atoms with Crippen LogP contribution >= 0.6 is 0 Å². The molecule has 1 aromatic rings. The summed E-state index contributed by atoms with van der Waals surface area (Å²) in [7, 11) is 0. The second-order valence-corrected chi connectivity index (χ2v) is 4.92. The number of guanidine groups is 1. The molecule has 0 spiro atoms. The number of hydrogen-bond donors (Lipinski definition) is 1. The van der Waals surface area contributed by atoms with Crippen LogP contribution < -0.4 is 10.1 Å². The highest BCUT2D eigenvalue weighted by atomic mass is 16.5. The lowest BCUT2D eigenvalue weighted by atomic mass is 10.1. The Hall–Kier alpha value is -2.83. The molecule has 2 aliphatic rings. The fourth-order valence-electron chi connectivity index (χ4n) is 2.26. The standard InChI is InChI=1S/C15H15N3O4/c1-10(19)21-5-2-6-22-12-3-4-13-11(7-12)8-18-9-14(20)17-15(18)16-13/h2-5,7H,6,8-9H2,1H3,(H,16,17,20). The summed E-state index contributed by atoms with van der Waals surface area (Å²) < 4.78 is 10.2. The number of benzene rings is 1. The molecule has 0 atom stereocenters. The van der Waals surface area contributed by atoms with Crippen molar-refractivity contribution in [3.63, 3.8) is 0 Å². The molecule has 0 aliphatic carbocycles. The summed E-state index contributed by atoms with van der Waals surface area (Å²) in [6.07, 6.45) is 2.92. The summed E-state index contributed by atoms with van der Waals surface area (Å²) in [5, 5.41) is 2.72. The van der Waals surface area contributed by atoms with E-state index in [1.54, 1.807) is 6.08 Å². The predicted octanol–water partition coefficient (Wildman–Crippen LogP) is 1.08. The molecule has 1 saturated heterocycles. The van der Waals surface area contributed by atoms with E-state index in [2.05, 4.69) is 15.0 Å². The number of esters is 1. The minimum Gasteiger partial charge on any atom is -0.489 e. The lowest BCUT2D eigenvalue weighted by Gasteiger charge is -2.23. The molecule has 2 aliphatic heterocycles. The smallest absolute Gasteiger partial charge is 0.307 e. The monoisotopic (exact) mass is 301 g/mol. The molecule has 0 radical (unpaired) electrons. The van der Waals surface area contributed by atoms with Crippen molar-refractivity contribution in [2.24, 2.45) is 4.99 Å². The molecule has 0 aromatic heterocycles. The van der Waals surface area contributed by atoms with E-state index in [1.807, 2.05) is 23.1 Å². The third-order valence-electron chi connectivity index (χ3n) is 3.20. The van der Waals surface area contributed by atoms with Gasteiger partial charge in [0.25, 0.3) is 0 Å². The van der Waals surface area contributed by atoms with Gasteiger partial charge in [-0.3, -0.25) is 14.9 Å². The van der Waals surface area contributed by atoms with Crippen LogP contribution in [-0.2, 0) is 20.9 Å². The number of amides is 1. The molecule has 2 heterocycles. The maximum atomic E-state index is 11.4. The van der Waals surface area contributed by atoms with E-state index in [0.717, 1.165) is 11.3 Å². The molecule has 1 amide bonds. The number of fused-ring (bicyclic) bond motifs is 2. The first-order valence-corrected chi connectivity index (χ1v) is 6.83. The van der Waals surface area contributed by atoms with Gasteiger partial charge in [0.15, 0.2) is 0 Å². The van der Waals surface area contributed by atoms with Gasteiger partial charge in [-0.25, -0.2) is 4.99 Å². The minimum absolute atomic E-state index is 0.0429. The van der Waals surface area contributed by atoms with Crippen LogP contribution in [0.2, 0.25) is 0 Å². The normalized spacial score (nSPS) is 16.0. The van der Waals surface area contributed by atoms with Crippen molar-refractivity contribution in [1.29, 1.82) is 0 Å². The van der Waals surface area contributed by atoms with Crippen molar-refractivity contribution < 1.29 is 19.1 Å². The first kappa shape index (κ1) is 14.1. The maximum absolute atomic E-state index is 11.4. The molecule has 7 heteroatoms. The summed E-state index contributed by atoms with van der Waals surface area (Å²) in [6, 6.07) is 5.57. The third kappa shape index (κ3) is 3.08. The third-order valence-corrected chi connectivity index (χ3v) is 3.20. The zero-order valence-electron chi connectivity index (χ0n) is 12.0. The van der Waals surface area contributed by atoms with Gasteiger partial charge in [-0.05, 0) is 24.3 Å². The number of carbonyl (C=O) groups is 2. The second-order valence-electron chi connectivity index (χ2n) is 4.92. The van der Waals surface area contributed by atoms with Gasteiger partial charge in [0.1, 0.15) is 18.9 Å². The number of carbonyl (C=O) groups excluding carboxylic acids is 2. The first-order chi connectivity index (χ1) is 10.6. The van der Waals surface area contributed by atoms with Crippen LogP contribution in [0.3, 0.4) is 0 Å². The molecule has 22 heavy (non-hydrogen) atoms. The Balaban J connectivity index is 1.64. The van der Waals surface area contributed by atoms with Crippen LogP contribution in [0.25, 0.3) is 0 Å². The van der Waals surface area contributed by atoms with E-state index >= 15 is 0 Å². The van der Waals surface area contributed by atoms with Gasteiger partial charge in [-0.15, -0.1) is 0 Å². The van der Waals surface area contributed by atoms with Crippen LogP contribution in [0.15, 0.2) is 35.5 Å². The fraction of sp³-hybridized carbons (Fsp3) is 0.267. The van der Waals surface area contributed by atoms with E-state index in [4.69, 9.17) is 4.74 Å². The van der Waals surface area contributed by atoms with E-state index < -0.39 is 0 Å². The average molecular weight is 301 g/mol. The lowest BCUT2D eigenvalue weighted by Crippen LogP contribution is -2.31. The van der Waals surface area contributed by atoms with E-state index in [1.165, 1.54) is 13.2 Å². The summed E-state index contributed by atoms with van der Waals surface area (Å²) in [6.45, 7) is 2.58. The topological polar surface area (TPSA) is 80.2 Å². The summed E-state index contributed by atoms with van der Waals surface area (Å²) in [5.74, 6) is 0.893. The van der Waals surface area contributed by atoms with Gasteiger partial charge < -0.3 is 14.4 Å². The van der Waals surface area contributed by atoms with Crippen molar-refractivity contribution in [2.75, 3.05) is 13.2 Å². The largest absolute Gasteiger partial charge is 0.489 e. The molecular weight excluding hydrogens is 286 g/mol. The lowest BCUT2D eigenvalue weighted by molar-refractivity contribution is -0.135. The number of aliphatic imine (C=N–C) groups is 1. The van der Waals surface area contributed by atoms with Crippen LogP contribution in [0.5, 0.6) is 5.75 Å². The Morgan fingerprint density at radius 3 is 3.14 bits per heavy atom. The van der Waals surface area contributed by atoms with Crippen molar-refractivity contribution in [3.05, 3.63) is 36.1 Å². The molecular formula is C15H15N3O4. The number of hydrogen-bond acceptors (Lipinski definition) is 6.